The smallest absolute Gasteiger partial charge is 0.328 e. The molecule has 1 heterocycles. The first-order chi connectivity index (χ1) is 7.25. The molecule has 0 amide bonds. The van der Waals surface area contributed by atoms with Crippen LogP contribution in [0.15, 0.2) is 40.1 Å². The van der Waals surface area contributed by atoms with Gasteiger partial charge in [0.15, 0.2) is 4.34 Å². The third-order valence-corrected chi connectivity index (χ3v) is 3.59. The highest BCUT2D eigenvalue weighted by atomic mass is 32.2. The average molecular weight is 237 g/mol. The third-order valence-electron chi connectivity index (χ3n) is 1.65. The molecule has 3 nitrogen and oxygen atoms in total. The van der Waals surface area contributed by atoms with E-state index in [-0.39, 0.29) is 0 Å². The number of hydrogen-bond acceptors (Lipinski definition) is 4. The quantitative estimate of drug-likeness (QED) is 0.658. The van der Waals surface area contributed by atoms with Gasteiger partial charge < -0.3 is 5.11 Å². The molecule has 0 atom stereocenters. The van der Waals surface area contributed by atoms with Gasteiger partial charge in [-0.05, 0) is 17.5 Å². The fourth-order valence-corrected chi connectivity index (χ4v) is 2.83. The first kappa shape index (κ1) is 10.2. The topological polar surface area (TPSA) is 50.2 Å². The number of thiazole rings is 1. The Kier molecular flexibility index (Phi) is 3.03. The summed E-state index contributed by atoms with van der Waals surface area (Å²) in [5.74, 6) is -0.941. The normalized spacial score (nSPS) is 11.2. The fraction of sp³-hybridized carbons (Fsp3) is 0. The maximum absolute atomic E-state index is 10.2. The zero-order valence-corrected chi connectivity index (χ0v) is 9.22. The number of rotatable bonds is 3. The zero-order chi connectivity index (χ0) is 10.7. The van der Waals surface area contributed by atoms with Crippen LogP contribution in [0.2, 0.25) is 0 Å². The molecule has 0 bridgehead atoms. The SMILES string of the molecule is O=C(O)/C=C\Sc1nc2ccccc2s1. The molecule has 0 aliphatic rings. The fourth-order valence-electron chi connectivity index (χ4n) is 1.05. The van der Waals surface area contributed by atoms with Crippen LogP contribution < -0.4 is 0 Å². The lowest BCUT2D eigenvalue weighted by atomic mass is 10.3. The molecular formula is C10H7NO2S2. The van der Waals surface area contributed by atoms with Crippen LogP contribution in [0.4, 0.5) is 0 Å². The minimum absolute atomic E-state index is 0.855. The Morgan fingerprint density at radius 2 is 2.27 bits per heavy atom. The summed E-state index contributed by atoms with van der Waals surface area (Å²) in [6.45, 7) is 0. The number of nitrogens with zero attached hydrogens (tertiary/aromatic N) is 1. The molecule has 1 aromatic heterocycles. The number of thioether (sulfide) groups is 1. The molecule has 0 aliphatic heterocycles. The summed E-state index contributed by atoms with van der Waals surface area (Å²) < 4.78 is 1.97. The molecule has 15 heavy (non-hydrogen) atoms. The van der Waals surface area contributed by atoms with Crippen LogP contribution in [0.1, 0.15) is 0 Å². The largest absolute Gasteiger partial charge is 0.478 e. The van der Waals surface area contributed by atoms with Crippen molar-refractivity contribution < 1.29 is 9.90 Å². The van der Waals surface area contributed by atoms with Gasteiger partial charge in [0.2, 0.25) is 0 Å². The van der Waals surface area contributed by atoms with Crippen molar-refractivity contribution in [1.82, 2.24) is 4.98 Å². The van der Waals surface area contributed by atoms with E-state index >= 15 is 0 Å². The molecule has 1 aromatic carbocycles. The van der Waals surface area contributed by atoms with E-state index in [0.29, 0.717) is 0 Å². The molecule has 2 aromatic rings. The Balaban J connectivity index is 2.19. The van der Waals surface area contributed by atoms with Crippen LogP contribution >= 0.6 is 23.1 Å². The first-order valence-corrected chi connectivity index (χ1v) is 5.87. The molecule has 76 valence electrons. The van der Waals surface area contributed by atoms with Crippen molar-refractivity contribution in [2.45, 2.75) is 4.34 Å². The Morgan fingerprint density at radius 3 is 3.00 bits per heavy atom. The molecule has 5 heteroatoms. The van der Waals surface area contributed by atoms with Crippen molar-refractivity contribution >= 4 is 39.3 Å². The molecule has 2 rings (SSSR count). The molecule has 0 saturated heterocycles. The van der Waals surface area contributed by atoms with Crippen molar-refractivity contribution in [2.75, 3.05) is 0 Å². The van der Waals surface area contributed by atoms with E-state index in [0.717, 1.165) is 20.6 Å². The minimum atomic E-state index is -0.941. The lowest BCUT2D eigenvalue weighted by molar-refractivity contribution is -0.131. The van der Waals surface area contributed by atoms with Gasteiger partial charge in [0.25, 0.3) is 0 Å². The van der Waals surface area contributed by atoms with Crippen LogP contribution in [0.3, 0.4) is 0 Å². The Hall–Kier alpha value is -1.33. The average Bonchev–Trinajstić information content (AvgIpc) is 2.59. The Morgan fingerprint density at radius 1 is 1.47 bits per heavy atom. The predicted octanol–water partition coefficient (Wildman–Crippen LogP) is 2.99. The van der Waals surface area contributed by atoms with Crippen LogP contribution in [-0.2, 0) is 4.79 Å². The van der Waals surface area contributed by atoms with Gasteiger partial charge in [0.1, 0.15) is 0 Å². The predicted molar refractivity (Wildman–Crippen MR) is 62.3 cm³/mol. The summed E-state index contributed by atoms with van der Waals surface area (Å²) >= 11 is 2.88. The molecule has 0 unspecified atom stereocenters. The molecule has 0 radical (unpaired) electrons. The number of carboxylic acid groups (broad SMARTS) is 1. The number of aliphatic carboxylic acids is 1. The maximum atomic E-state index is 10.2. The number of carboxylic acids is 1. The van der Waals surface area contributed by atoms with E-state index in [4.69, 9.17) is 5.11 Å². The van der Waals surface area contributed by atoms with E-state index in [1.54, 1.807) is 11.3 Å². The van der Waals surface area contributed by atoms with Crippen molar-refractivity contribution in [3.63, 3.8) is 0 Å². The summed E-state index contributed by atoms with van der Waals surface area (Å²) in [4.78, 5) is 14.6. The van der Waals surface area contributed by atoms with E-state index < -0.39 is 5.97 Å². The van der Waals surface area contributed by atoms with E-state index in [1.807, 2.05) is 24.3 Å². The van der Waals surface area contributed by atoms with Gasteiger partial charge in [-0.1, -0.05) is 23.9 Å². The van der Waals surface area contributed by atoms with Gasteiger partial charge in [-0.3, -0.25) is 0 Å². The molecular weight excluding hydrogens is 230 g/mol. The number of para-hydroxylation sites is 1. The minimum Gasteiger partial charge on any atom is -0.478 e. The molecule has 0 saturated carbocycles. The highest BCUT2D eigenvalue weighted by Crippen LogP contribution is 2.29. The number of benzene rings is 1. The van der Waals surface area contributed by atoms with Crippen molar-refractivity contribution in [2.24, 2.45) is 0 Å². The summed E-state index contributed by atoms with van der Waals surface area (Å²) in [6, 6.07) is 7.83. The van der Waals surface area contributed by atoms with Crippen LogP contribution in [0, 0.1) is 0 Å². The second-order valence-corrected chi connectivity index (χ2v) is 4.89. The van der Waals surface area contributed by atoms with Gasteiger partial charge in [0, 0.05) is 6.08 Å². The summed E-state index contributed by atoms with van der Waals surface area (Å²) in [5, 5.41) is 9.94. The number of hydrogen-bond donors (Lipinski definition) is 1. The summed E-state index contributed by atoms with van der Waals surface area (Å²) in [7, 11) is 0. The van der Waals surface area contributed by atoms with E-state index in [1.165, 1.54) is 17.2 Å². The van der Waals surface area contributed by atoms with Crippen molar-refractivity contribution in [3.05, 3.63) is 35.7 Å². The van der Waals surface area contributed by atoms with E-state index in [2.05, 4.69) is 4.98 Å². The van der Waals surface area contributed by atoms with Gasteiger partial charge >= 0.3 is 5.97 Å². The highest BCUT2D eigenvalue weighted by molar-refractivity contribution is 8.03. The molecule has 0 aliphatic carbocycles. The molecule has 1 N–H and O–H groups in total. The number of aromatic nitrogens is 1. The van der Waals surface area contributed by atoms with E-state index in [9.17, 15) is 4.79 Å². The van der Waals surface area contributed by atoms with Gasteiger partial charge in [-0.25, -0.2) is 9.78 Å². The van der Waals surface area contributed by atoms with Gasteiger partial charge in [-0.2, -0.15) is 0 Å². The number of carbonyl (C=O) groups is 1. The standard InChI is InChI=1S/C10H7NO2S2/c12-9(13)5-6-14-10-11-7-3-1-2-4-8(7)15-10/h1-6H,(H,12,13)/b6-5-. The summed E-state index contributed by atoms with van der Waals surface area (Å²) in [5.41, 5.74) is 0.953. The van der Waals surface area contributed by atoms with Crippen LogP contribution in [0.5, 0.6) is 0 Å². The maximum Gasteiger partial charge on any atom is 0.328 e. The second kappa shape index (κ2) is 4.46. The Bertz CT molecular complexity index is 486. The van der Waals surface area contributed by atoms with Crippen LogP contribution in [0.25, 0.3) is 10.2 Å². The monoisotopic (exact) mass is 237 g/mol. The lowest BCUT2D eigenvalue weighted by Crippen LogP contribution is -1.84. The molecule has 0 fully saturated rings. The highest BCUT2D eigenvalue weighted by Gasteiger charge is 2.01. The summed E-state index contributed by atoms with van der Waals surface area (Å²) in [6.07, 6.45) is 1.11. The van der Waals surface area contributed by atoms with Crippen LogP contribution in [-0.4, -0.2) is 16.1 Å². The third kappa shape index (κ3) is 2.57. The lowest BCUT2D eigenvalue weighted by Gasteiger charge is -1.83. The van der Waals surface area contributed by atoms with Gasteiger partial charge in [-0.15, -0.1) is 11.3 Å². The zero-order valence-electron chi connectivity index (χ0n) is 7.58. The van der Waals surface area contributed by atoms with Crippen molar-refractivity contribution in [1.29, 1.82) is 0 Å². The number of fused-ring (bicyclic) bond motifs is 1. The first-order valence-electron chi connectivity index (χ1n) is 4.17. The molecule has 0 spiro atoms. The second-order valence-electron chi connectivity index (χ2n) is 2.71. The van der Waals surface area contributed by atoms with Crippen molar-refractivity contribution in [3.8, 4) is 0 Å². The Labute approximate surface area is 94.5 Å². The van der Waals surface area contributed by atoms with Gasteiger partial charge in [0.05, 0.1) is 10.2 Å².